The molecule has 106 valence electrons. The first-order valence-corrected chi connectivity index (χ1v) is 7.78. The van der Waals surface area contributed by atoms with Crippen LogP contribution in [0.25, 0.3) is 0 Å². The summed E-state index contributed by atoms with van der Waals surface area (Å²) in [5.41, 5.74) is 1.45. The minimum atomic E-state index is 0.536. The Hall–Kier alpha value is -0.860. The summed E-state index contributed by atoms with van der Waals surface area (Å²) >= 11 is 0. The zero-order chi connectivity index (χ0) is 13.5. The molecule has 2 nitrogen and oxygen atoms in total. The molecule has 0 saturated carbocycles. The van der Waals surface area contributed by atoms with Crippen LogP contribution in [-0.4, -0.2) is 31.6 Å². The lowest BCUT2D eigenvalue weighted by Gasteiger charge is -2.38. The van der Waals surface area contributed by atoms with E-state index in [9.17, 15) is 0 Å². The van der Waals surface area contributed by atoms with Crippen LogP contribution >= 0.6 is 0 Å². The van der Waals surface area contributed by atoms with Crippen molar-refractivity contribution in [3.8, 4) is 0 Å². The molecule has 1 aliphatic heterocycles. The van der Waals surface area contributed by atoms with Gasteiger partial charge in [-0.3, -0.25) is 4.90 Å². The van der Waals surface area contributed by atoms with Crippen molar-refractivity contribution in [2.24, 2.45) is 5.92 Å². The summed E-state index contributed by atoms with van der Waals surface area (Å²) in [4.78, 5) is 2.66. The van der Waals surface area contributed by atoms with Gasteiger partial charge in [0.05, 0.1) is 0 Å². The van der Waals surface area contributed by atoms with E-state index in [1.54, 1.807) is 0 Å². The lowest BCUT2D eigenvalue weighted by Crippen LogP contribution is -2.40. The van der Waals surface area contributed by atoms with E-state index in [0.717, 1.165) is 12.5 Å². The molecule has 1 unspecified atom stereocenters. The third-order valence-corrected chi connectivity index (χ3v) is 4.37. The number of nitrogens with zero attached hydrogens (tertiary/aromatic N) is 1. The van der Waals surface area contributed by atoms with Gasteiger partial charge in [-0.15, -0.1) is 0 Å². The molecule has 1 saturated heterocycles. The number of hydrogen-bond donors (Lipinski definition) is 1. The van der Waals surface area contributed by atoms with Crippen LogP contribution in [0.15, 0.2) is 30.3 Å². The van der Waals surface area contributed by atoms with Crippen molar-refractivity contribution in [1.29, 1.82) is 0 Å². The van der Waals surface area contributed by atoms with Gasteiger partial charge in [-0.25, -0.2) is 0 Å². The van der Waals surface area contributed by atoms with Gasteiger partial charge in [-0.05, 0) is 44.5 Å². The van der Waals surface area contributed by atoms with Crippen LogP contribution in [-0.2, 0) is 0 Å². The maximum Gasteiger partial charge on any atom is 0.0472 e. The predicted molar refractivity (Wildman–Crippen MR) is 82.3 cm³/mol. The summed E-state index contributed by atoms with van der Waals surface area (Å²) < 4.78 is 0. The molecular formula is C17H28N2. The Morgan fingerprint density at radius 3 is 2.47 bits per heavy atom. The largest absolute Gasteiger partial charge is 0.318 e. The summed E-state index contributed by atoms with van der Waals surface area (Å²) in [5.74, 6) is 0.965. The molecule has 0 aromatic heterocycles. The number of hydrogen-bond acceptors (Lipinski definition) is 2. The zero-order valence-electron chi connectivity index (χ0n) is 12.4. The molecule has 0 amide bonds. The SMILES string of the molecule is CCCC1CCN(C(CNC)c2ccccc2)CC1. The molecule has 1 N–H and O–H groups in total. The normalized spacial score (nSPS) is 19.5. The molecule has 1 aromatic rings. The van der Waals surface area contributed by atoms with Gasteiger partial charge >= 0.3 is 0 Å². The van der Waals surface area contributed by atoms with Crippen molar-refractivity contribution in [3.05, 3.63) is 35.9 Å². The summed E-state index contributed by atoms with van der Waals surface area (Å²) in [6, 6.07) is 11.5. The molecule has 2 rings (SSSR count). The Kier molecular flexibility index (Phi) is 5.87. The first kappa shape index (κ1) is 14.5. The Morgan fingerprint density at radius 2 is 1.89 bits per heavy atom. The van der Waals surface area contributed by atoms with Crippen molar-refractivity contribution in [2.45, 2.75) is 38.6 Å². The zero-order valence-corrected chi connectivity index (χ0v) is 12.4. The number of piperidine rings is 1. The van der Waals surface area contributed by atoms with Gasteiger partial charge in [-0.2, -0.15) is 0 Å². The highest BCUT2D eigenvalue weighted by Crippen LogP contribution is 2.28. The van der Waals surface area contributed by atoms with Crippen molar-refractivity contribution >= 4 is 0 Å². The fourth-order valence-electron chi connectivity index (χ4n) is 3.29. The minimum Gasteiger partial charge on any atom is -0.318 e. The van der Waals surface area contributed by atoms with E-state index >= 15 is 0 Å². The summed E-state index contributed by atoms with van der Waals surface area (Å²) in [5, 5.41) is 3.36. The Morgan fingerprint density at radius 1 is 1.21 bits per heavy atom. The van der Waals surface area contributed by atoms with E-state index < -0.39 is 0 Å². The van der Waals surface area contributed by atoms with Crippen molar-refractivity contribution in [3.63, 3.8) is 0 Å². The van der Waals surface area contributed by atoms with Gasteiger partial charge in [0, 0.05) is 12.6 Å². The van der Waals surface area contributed by atoms with Crippen molar-refractivity contribution in [1.82, 2.24) is 10.2 Å². The molecule has 2 heteroatoms. The third kappa shape index (κ3) is 4.05. The van der Waals surface area contributed by atoms with Crippen LogP contribution in [0.4, 0.5) is 0 Å². The average molecular weight is 260 g/mol. The molecular weight excluding hydrogens is 232 g/mol. The van der Waals surface area contributed by atoms with Crippen LogP contribution in [0.1, 0.15) is 44.2 Å². The second-order valence-electron chi connectivity index (χ2n) is 5.75. The highest BCUT2D eigenvalue weighted by atomic mass is 15.2. The predicted octanol–water partition coefficient (Wildman–Crippen LogP) is 3.46. The lowest BCUT2D eigenvalue weighted by molar-refractivity contribution is 0.128. The molecule has 1 fully saturated rings. The lowest BCUT2D eigenvalue weighted by atomic mass is 9.91. The molecule has 0 bridgehead atoms. The van der Waals surface area contributed by atoms with E-state index in [2.05, 4.69) is 54.5 Å². The summed E-state index contributed by atoms with van der Waals surface area (Å²) in [7, 11) is 2.06. The summed E-state index contributed by atoms with van der Waals surface area (Å²) in [6.07, 6.45) is 5.50. The number of rotatable bonds is 6. The third-order valence-electron chi connectivity index (χ3n) is 4.37. The topological polar surface area (TPSA) is 15.3 Å². The molecule has 0 spiro atoms. The fourth-order valence-corrected chi connectivity index (χ4v) is 3.29. The summed E-state index contributed by atoms with van der Waals surface area (Å²) in [6.45, 7) is 5.86. The van der Waals surface area contributed by atoms with Gasteiger partial charge in [0.25, 0.3) is 0 Å². The quantitative estimate of drug-likeness (QED) is 0.842. The monoisotopic (exact) mass is 260 g/mol. The standard InChI is InChI=1S/C17H28N2/c1-3-7-15-10-12-19(13-11-15)17(14-18-2)16-8-5-4-6-9-16/h4-6,8-9,15,17-18H,3,7,10-14H2,1-2H3. The van der Waals surface area contributed by atoms with Gasteiger partial charge in [-0.1, -0.05) is 50.1 Å². The number of likely N-dealkylation sites (tertiary alicyclic amines) is 1. The Balaban J connectivity index is 1.97. The molecule has 1 aliphatic rings. The van der Waals surface area contributed by atoms with E-state index in [1.165, 1.54) is 44.3 Å². The van der Waals surface area contributed by atoms with E-state index in [1.807, 2.05) is 0 Å². The Bertz CT molecular complexity index is 342. The maximum absolute atomic E-state index is 3.36. The maximum atomic E-state index is 3.36. The molecule has 0 aliphatic carbocycles. The molecule has 1 atom stereocenters. The molecule has 0 radical (unpaired) electrons. The van der Waals surface area contributed by atoms with E-state index in [-0.39, 0.29) is 0 Å². The van der Waals surface area contributed by atoms with Gasteiger partial charge in [0.1, 0.15) is 0 Å². The van der Waals surface area contributed by atoms with Crippen molar-refractivity contribution in [2.75, 3.05) is 26.7 Å². The second-order valence-corrected chi connectivity index (χ2v) is 5.75. The van der Waals surface area contributed by atoms with Gasteiger partial charge < -0.3 is 5.32 Å². The Labute approximate surface area is 118 Å². The number of benzene rings is 1. The molecule has 1 aromatic carbocycles. The van der Waals surface area contributed by atoms with Crippen LogP contribution < -0.4 is 5.32 Å². The first-order chi connectivity index (χ1) is 9.35. The molecule has 19 heavy (non-hydrogen) atoms. The minimum absolute atomic E-state index is 0.536. The average Bonchev–Trinajstić information content (AvgIpc) is 2.47. The van der Waals surface area contributed by atoms with Crippen LogP contribution in [0.5, 0.6) is 0 Å². The number of likely N-dealkylation sites (N-methyl/N-ethyl adjacent to an activating group) is 1. The smallest absolute Gasteiger partial charge is 0.0472 e. The van der Waals surface area contributed by atoms with Crippen LogP contribution in [0.2, 0.25) is 0 Å². The number of nitrogens with one attached hydrogen (secondary N) is 1. The van der Waals surface area contributed by atoms with Crippen molar-refractivity contribution < 1.29 is 0 Å². The second kappa shape index (κ2) is 7.66. The highest BCUT2D eigenvalue weighted by molar-refractivity contribution is 5.19. The highest BCUT2D eigenvalue weighted by Gasteiger charge is 2.25. The molecule has 1 heterocycles. The fraction of sp³-hybridized carbons (Fsp3) is 0.647. The van der Waals surface area contributed by atoms with Gasteiger partial charge in [0.15, 0.2) is 0 Å². The van der Waals surface area contributed by atoms with Crippen LogP contribution in [0.3, 0.4) is 0 Å². The van der Waals surface area contributed by atoms with Crippen LogP contribution in [0, 0.1) is 5.92 Å². The van der Waals surface area contributed by atoms with Gasteiger partial charge in [0.2, 0.25) is 0 Å². The first-order valence-electron chi connectivity index (χ1n) is 7.78. The van der Waals surface area contributed by atoms with E-state index in [4.69, 9.17) is 0 Å². The van der Waals surface area contributed by atoms with E-state index in [0.29, 0.717) is 6.04 Å².